The maximum absolute atomic E-state index is 12.4. The first kappa shape index (κ1) is 17.1. The Morgan fingerprint density at radius 3 is 2.72 bits per heavy atom. The maximum atomic E-state index is 12.4. The Kier molecular flexibility index (Phi) is 5.09. The lowest BCUT2D eigenvalue weighted by Gasteiger charge is -2.12. The van der Waals surface area contributed by atoms with Crippen LogP contribution in [-0.2, 0) is 4.74 Å². The van der Waals surface area contributed by atoms with Crippen molar-refractivity contribution in [1.82, 2.24) is 15.2 Å². The first-order valence-corrected chi connectivity index (χ1v) is 8.22. The summed E-state index contributed by atoms with van der Waals surface area (Å²) in [5.41, 5.74) is 2.39. The van der Waals surface area contributed by atoms with E-state index < -0.39 is 0 Å². The van der Waals surface area contributed by atoms with E-state index in [4.69, 9.17) is 4.74 Å². The Hall–Kier alpha value is -2.73. The molecular weight excluding hydrogens is 318 g/mol. The number of benzene rings is 1. The van der Waals surface area contributed by atoms with E-state index in [1.165, 1.54) is 4.90 Å². The summed E-state index contributed by atoms with van der Waals surface area (Å²) in [5.74, 6) is -0.283. The molecule has 0 saturated carbocycles. The Morgan fingerprint density at radius 2 is 2.00 bits per heavy atom. The minimum absolute atomic E-state index is 0.0651. The first-order chi connectivity index (χ1) is 12.0. The van der Waals surface area contributed by atoms with Gasteiger partial charge in [-0.15, -0.1) is 0 Å². The van der Waals surface area contributed by atoms with E-state index in [9.17, 15) is 9.59 Å². The second-order valence-corrected chi connectivity index (χ2v) is 6.22. The van der Waals surface area contributed by atoms with Gasteiger partial charge in [-0.3, -0.25) is 9.59 Å². The van der Waals surface area contributed by atoms with E-state index in [2.05, 4.69) is 10.3 Å². The van der Waals surface area contributed by atoms with Gasteiger partial charge in [0.1, 0.15) is 5.69 Å². The van der Waals surface area contributed by atoms with Gasteiger partial charge in [0.05, 0.1) is 18.3 Å². The van der Waals surface area contributed by atoms with Gasteiger partial charge in [-0.25, -0.2) is 4.98 Å². The average molecular weight is 339 g/mol. The lowest BCUT2D eigenvalue weighted by Crippen LogP contribution is -2.34. The van der Waals surface area contributed by atoms with Crippen molar-refractivity contribution in [1.29, 1.82) is 0 Å². The first-order valence-electron chi connectivity index (χ1n) is 8.22. The van der Waals surface area contributed by atoms with Gasteiger partial charge in [0.25, 0.3) is 11.8 Å². The predicted octanol–water partition coefficient (Wildman–Crippen LogP) is 1.97. The van der Waals surface area contributed by atoms with Crippen LogP contribution in [0.1, 0.15) is 27.3 Å². The second-order valence-electron chi connectivity index (χ2n) is 6.22. The third-order valence-electron chi connectivity index (χ3n) is 4.06. The predicted molar refractivity (Wildman–Crippen MR) is 94.4 cm³/mol. The SMILES string of the molecule is CN(C)C(=O)c1cccc(-c2cccc(C(=O)N[C@H]3CCOC3)c2)n1. The van der Waals surface area contributed by atoms with E-state index >= 15 is 0 Å². The van der Waals surface area contributed by atoms with Crippen molar-refractivity contribution in [3.8, 4) is 11.3 Å². The Balaban J connectivity index is 1.82. The van der Waals surface area contributed by atoms with Crippen LogP contribution in [0.25, 0.3) is 11.3 Å². The summed E-state index contributed by atoms with van der Waals surface area (Å²) in [6.07, 6.45) is 0.835. The van der Waals surface area contributed by atoms with Crippen molar-refractivity contribution in [3.63, 3.8) is 0 Å². The molecule has 1 aromatic heterocycles. The number of nitrogens with zero attached hydrogens (tertiary/aromatic N) is 2. The van der Waals surface area contributed by atoms with Gasteiger partial charge < -0.3 is 15.0 Å². The highest BCUT2D eigenvalue weighted by Crippen LogP contribution is 2.19. The number of ether oxygens (including phenoxy) is 1. The smallest absolute Gasteiger partial charge is 0.271 e. The molecule has 3 rings (SSSR count). The fourth-order valence-electron chi connectivity index (χ4n) is 2.68. The molecule has 0 radical (unpaired) electrons. The number of hydrogen-bond donors (Lipinski definition) is 1. The molecule has 1 atom stereocenters. The third kappa shape index (κ3) is 4.03. The minimum Gasteiger partial charge on any atom is -0.379 e. The van der Waals surface area contributed by atoms with Gasteiger partial charge in [-0.05, 0) is 30.7 Å². The second kappa shape index (κ2) is 7.44. The number of rotatable bonds is 4. The Labute approximate surface area is 146 Å². The fraction of sp³-hybridized carbons (Fsp3) is 0.316. The van der Waals surface area contributed by atoms with Crippen molar-refractivity contribution in [3.05, 3.63) is 53.7 Å². The van der Waals surface area contributed by atoms with Gasteiger partial charge in [-0.1, -0.05) is 18.2 Å². The summed E-state index contributed by atoms with van der Waals surface area (Å²) in [6, 6.07) is 12.6. The molecule has 0 unspecified atom stereocenters. The number of carbonyl (C=O) groups excluding carboxylic acids is 2. The Bertz CT molecular complexity index is 783. The molecule has 1 saturated heterocycles. The van der Waals surface area contributed by atoms with E-state index in [1.807, 2.05) is 18.2 Å². The summed E-state index contributed by atoms with van der Waals surface area (Å²) < 4.78 is 5.28. The highest BCUT2D eigenvalue weighted by Gasteiger charge is 2.19. The minimum atomic E-state index is -0.156. The quantitative estimate of drug-likeness (QED) is 0.924. The molecule has 2 aromatic rings. The molecule has 0 spiro atoms. The fourth-order valence-corrected chi connectivity index (χ4v) is 2.68. The molecule has 2 heterocycles. The summed E-state index contributed by atoms with van der Waals surface area (Å²) in [7, 11) is 3.38. The molecule has 0 bridgehead atoms. The third-order valence-corrected chi connectivity index (χ3v) is 4.06. The van der Waals surface area contributed by atoms with Crippen molar-refractivity contribution in [2.75, 3.05) is 27.3 Å². The summed E-state index contributed by atoms with van der Waals surface area (Å²) in [4.78, 5) is 30.4. The number of hydrogen-bond acceptors (Lipinski definition) is 4. The lowest BCUT2D eigenvalue weighted by molar-refractivity contribution is 0.0821. The molecule has 2 amide bonds. The standard InChI is InChI=1S/C19H21N3O3/c1-22(2)19(24)17-8-4-7-16(21-17)13-5-3-6-14(11-13)18(23)20-15-9-10-25-12-15/h3-8,11,15H,9-10,12H2,1-2H3,(H,20,23)/t15-/m0/s1. The van der Waals surface area contributed by atoms with Crippen molar-refractivity contribution >= 4 is 11.8 Å². The average Bonchev–Trinajstić information content (AvgIpc) is 3.14. The molecule has 25 heavy (non-hydrogen) atoms. The van der Waals surface area contributed by atoms with Gasteiger partial charge in [-0.2, -0.15) is 0 Å². The van der Waals surface area contributed by atoms with Crippen LogP contribution in [0.2, 0.25) is 0 Å². The molecule has 1 aliphatic rings. The van der Waals surface area contributed by atoms with Crippen LogP contribution in [0.4, 0.5) is 0 Å². The van der Waals surface area contributed by atoms with Crippen molar-refractivity contribution < 1.29 is 14.3 Å². The largest absolute Gasteiger partial charge is 0.379 e. The van der Waals surface area contributed by atoms with Gasteiger partial charge >= 0.3 is 0 Å². The summed E-state index contributed by atoms with van der Waals surface area (Å²) in [5, 5.41) is 2.97. The molecule has 1 N–H and O–H groups in total. The molecule has 130 valence electrons. The van der Waals surface area contributed by atoms with Gasteiger partial charge in [0.15, 0.2) is 0 Å². The molecule has 6 nitrogen and oxygen atoms in total. The van der Waals surface area contributed by atoms with Crippen LogP contribution in [0, 0.1) is 0 Å². The molecule has 1 aromatic carbocycles. The zero-order valence-electron chi connectivity index (χ0n) is 14.4. The van der Waals surface area contributed by atoms with Crippen LogP contribution >= 0.6 is 0 Å². The Morgan fingerprint density at radius 1 is 1.20 bits per heavy atom. The molecule has 1 aliphatic heterocycles. The lowest BCUT2D eigenvalue weighted by atomic mass is 10.1. The molecule has 1 fully saturated rings. The summed E-state index contributed by atoms with van der Waals surface area (Å²) >= 11 is 0. The molecular formula is C19H21N3O3. The zero-order valence-corrected chi connectivity index (χ0v) is 14.4. The molecule has 0 aliphatic carbocycles. The number of pyridine rings is 1. The summed E-state index contributed by atoms with van der Waals surface area (Å²) in [6.45, 7) is 1.24. The van der Waals surface area contributed by atoms with Crippen LogP contribution in [0.5, 0.6) is 0 Å². The van der Waals surface area contributed by atoms with Crippen molar-refractivity contribution in [2.24, 2.45) is 0 Å². The van der Waals surface area contributed by atoms with Gasteiger partial charge in [0.2, 0.25) is 0 Å². The highest BCUT2D eigenvalue weighted by atomic mass is 16.5. The van der Waals surface area contributed by atoms with Crippen LogP contribution in [-0.4, -0.2) is 55.0 Å². The van der Waals surface area contributed by atoms with E-state index in [1.54, 1.807) is 38.4 Å². The number of nitrogens with one attached hydrogen (secondary N) is 1. The highest BCUT2D eigenvalue weighted by molar-refractivity contribution is 5.96. The number of aromatic nitrogens is 1. The van der Waals surface area contributed by atoms with Crippen LogP contribution in [0.15, 0.2) is 42.5 Å². The number of carbonyl (C=O) groups is 2. The van der Waals surface area contributed by atoms with E-state index in [-0.39, 0.29) is 17.9 Å². The van der Waals surface area contributed by atoms with Gasteiger partial charge in [0, 0.05) is 31.8 Å². The van der Waals surface area contributed by atoms with E-state index in [0.29, 0.717) is 30.2 Å². The maximum Gasteiger partial charge on any atom is 0.271 e. The van der Waals surface area contributed by atoms with Crippen LogP contribution in [0.3, 0.4) is 0 Å². The monoisotopic (exact) mass is 339 g/mol. The topological polar surface area (TPSA) is 71.5 Å². The van der Waals surface area contributed by atoms with E-state index in [0.717, 1.165) is 12.0 Å². The normalized spacial score (nSPS) is 16.5. The molecule has 6 heteroatoms. The zero-order chi connectivity index (χ0) is 17.8. The van der Waals surface area contributed by atoms with Crippen molar-refractivity contribution in [2.45, 2.75) is 12.5 Å². The van der Waals surface area contributed by atoms with Crippen LogP contribution < -0.4 is 5.32 Å². The number of amides is 2.